The van der Waals surface area contributed by atoms with Crippen LogP contribution in [0.15, 0.2) is 16.1 Å². The van der Waals surface area contributed by atoms with Crippen LogP contribution >= 0.6 is 0 Å². The lowest BCUT2D eigenvalue weighted by molar-refractivity contribution is -0.0583. The van der Waals surface area contributed by atoms with Crippen molar-refractivity contribution < 1.29 is 19.7 Å². The van der Waals surface area contributed by atoms with Gasteiger partial charge in [0.25, 0.3) is 5.56 Å². The van der Waals surface area contributed by atoms with E-state index >= 15 is 0 Å². The fourth-order valence-corrected chi connectivity index (χ4v) is 2.68. The third-order valence-electron chi connectivity index (χ3n) is 3.87. The molecule has 3 N–H and O–H groups in total. The Morgan fingerprint density at radius 3 is 2.96 bits per heavy atom. The number of ether oxygens (including phenoxy) is 2. The number of aromatic amines is 1. The quantitative estimate of drug-likeness (QED) is 0.441. The Hall–Kier alpha value is -2.34. The fourth-order valence-electron chi connectivity index (χ4n) is 2.68. The maximum Gasteiger partial charge on any atom is 0.280 e. The van der Waals surface area contributed by atoms with Gasteiger partial charge in [-0.1, -0.05) is 0 Å². The van der Waals surface area contributed by atoms with Gasteiger partial charge < -0.3 is 24.6 Å². The van der Waals surface area contributed by atoms with Gasteiger partial charge in [0.2, 0.25) is 5.95 Å². The molecule has 3 rings (SSSR count). The lowest BCUT2D eigenvalue weighted by atomic mass is 10.1. The van der Waals surface area contributed by atoms with E-state index < -0.39 is 30.1 Å². The Bertz CT molecular complexity index is 831. The van der Waals surface area contributed by atoms with Crippen molar-refractivity contribution in [2.45, 2.75) is 24.5 Å². The van der Waals surface area contributed by atoms with Crippen LogP contribution in [0.3, 0.4) is 0 Å². The first kappa shape index (κ1) is 17.5. The van der Waals surface area contributed by atoms with Gasteiger partial charge in [-0.2, -0.15) is 4.98 Å². The number of H-pyrrole nitrogens is 1. The molecule has 0 aromatic carbocycles. The highest BCUT2D eigenvalue weighted by Crippen LogP contribution is 2.32. The molecule has 1 fully saturated rings. The van der Waals surface area contributed by atoms with Gasteiger partial charge >= 0.3 is 0 Å². The first-order chi connectivity index (χ1) is 12.0. The van der Waals surface area contributed by atoms with E-state index in [9.17, 15) is 15.0 Å². The second-order valence-electron chi connectivity index (χ2n) is 5.86. The molecule has 1 aliphatic rings. The summed E-state index contributed by atoms with van der Waals surface area (Å²) in [6, 6.07) is 0. The molecule has 136 valence electrons. The Morgan fingerprint density at radius 1 is 1.56 bits per heavy atom. The number of hydrogen-bond donors (Lipinski definition) is 3. The van der Waals surface area contributed by atoms with Crippen LogP contribution in [0.2, 0.25) is 0 Å². The van der Waals surface area contributed by atoms with Crippen molar-refractivity contribution in [2.24, 2.45) is 4.99 Å². The summed E-state index contributed by atoms with van der Waals surface area (Å²) in [5.41, 5.74) is -0.0856. The Morgan fingerprint density at radius 2 is 2.32 bits per heavy atom. The van der Waals surface area contributed by atoms with Gasteiger partial charge in [0.15, 0.2) is 17.4 Å². The van der Waals surface area contributed by atoms with Crippen LogP contribution in [0, 0.1) is 0 Å². The third kappa shape index (κ3) is 3.14. The first-order valence-corrected chi connectivity index (χ1v) is 7.61. The Kier molecular flexibility index (Phi) is 4.81. The summed E-state index contributed by atoms with van der Waals surface area (Å²) in [4.78, 5) is 28.9. The van der Waals surface area contributed by atoms with E-state index in [0.717, 1.165) is 0 Å². The summed E-state index contributed by atoms with van der Waals surface area (Å²) in [6.07, 6.45) is -0.478. The molecule has 3 heterocycles. The van der Waals surface area contributed by atoms with E-state index in [2.05, 4.69) is 19.9 Å². The number of aliphatic hydroxyl groups excluding tert-OH is 2. The van der Waals surface area contributed by atoms with Gasteiger partial charge in [-0.05, 0) is 0 Å². The van der Waals surface area contributed by atoms with Crippen LogP contribution in [0.1, 0.15) is 6.23 Å². The fraction of sp³-hybridized carbons (Fsp3) is 0.571. The number of nitrogens with zero attached hydrogens (tertiary/aromatic N) is 5. The minimum absolute atomic E-state index is 0.110. The predicted molar refractivity (Wildman–Crippen MR) is 87.8 cm³/mol. The molecule has 0 amide bonds. The van der Waals surface area contributed by atoms with Gasteiger partial charge in [0.1, 0.15) is 18.3 Å². The van der Waals surface area contributed by atoms with Crippen molar-refractivity contribution in [1.29, 1.82) is 0 Å². The van der Waals surface area contributed by atoms with Gasteiger partial charge in [0, 0.05) is 21.2 Å². The van der Waals surface area contributed by atoms with Crippen molar-refractivity contribution in [1.82, 2.24) is 24.4 Å². The standard InChI is InChI=1S/C14H20N6O5/c1-19(2)5-16-14-17-11-8(12(23)18-14)15-6-20(11)13-10(24-3)9(22)7(4-21)25-13/h5-7,9-10,13,21-22H,4H2,1-3H3,(H,17,18,23)/b16-5+/t7-,9+,10?,13-/m1/s1. The number of hydrogen-bond acceptors (Lipinski definition) is 8. The molecule has 2 aromatic rings. The summed E-state index contributed by atoms with van der Waals surface area (Å²) in [5, 5.41) is 19.5. The smallest absolute Gasteiger partial charge is 0.280 e. The maximum atomic E-state index is 12.2. The average molecular weight is 352 g/mol. The number of imidazole rings is 1. The molecule has 0 saturated carbocycles. The topological polar surface area (TPSA) is 138 Å². The molecule has 1 saturated heterocycles. The van der Waals surface area contributed by atoms with Crippen LogP contribution in [-0.4, -0.2) is 87.1 Å². The zero-order valence-electron chi connectivity index (χ0n) is 14.0. The molecule has 0 bridgehead atoms. The minimum Gasteiger partial charge on any atom is -0.394 e. The average Bonchev–Trinajstić information content (AvgIpc) is 3.13. The zero-order chi connectivity index (χ0) is 18.1. The largest absolute Gasteiger partial charge is 0.394 e. The normalized spacial score (nSPS) is 26.8. The summed E-state index contributed by atoms with van der Waals surface area (Å²) >= 11 is 0. The Balaban J connectivity index is 2.06. The summed E-state index contributed by atoms with van der Waals surface area (Å²) in [7, 11) is 5.00. The highest BCUT2D eigenvalue weighted by molar-refractivity contribution is 5.71. The molecular formula is C14H20N6O5. The van der Waals surface area contributed by atoms with E-state index in [1.165, 1.54) is 24.3 Å². The number of aliphatic hydroxyl groups is 2. The van der Waals surface area contributed by atoms with E-state index in [1.807, 2.05) is 0 Å². The second-order valence-corrected chi connectivity index (χ2v) is 5.86. The molecule has 4 atom stereocenters. The van der Waals surface area contributed by atoms with Crippen molar-refractivity contribution in [3.8, 4) is 0 Å². The van der Waals surface area contributed by atoms with Crippen LogP contribution < -0.4 is 5.56 Å². The molecular weight excluding hydrogens is 332 g/mol. The molecule has 0 aliphatic carbocycles. The molecule has 2 aromatic heterocycles. The monoisotopic (exact) mass is 352 g/mol. The predicted octanol–water partition coefficient (Wildman–Crippen LogP) is -1.39. The van der Waals surface area contributed by atoms with Crippen LogP contribution in [-0.2, 0) is 9.47 Å². The number of rotatable bonds is 5. The van der Waals surface area contributed by atoms with Gasteiger partial charge in [-0.25, -0.2) is 9.98 Å². The molecule has 1 aliphatic heterocycles. The van der Waals surface area contributed by atoms with Gasteiger partial charge in [-0.3, -0.25) is 14.3 Å². The first-order valence-electron chi connectivity index (χ1n) is 7.61. The molecule has 1 unspecified atom stereocenters. The van der Waals surface area contributed by atoms with Gasteiger partial charge in [0.05, 0.1) is 19.3 Å². The lowest BCUT2D eigenvalue weighted by Gasteiger charge is -2.19. The van der Waals surface area contributed by atoms with Crippen LogP contribution in [0.25, 0.3) is 11.2 Å². The number of nitrogens with one attached hydrogen (secondary N) is 1. The Labute approximate surface area is 142 Å². The van der Waals surface area contributed by atoms with E-state index in [0.29, 0.717) is 0 Å². The molecule has 11 heteroatoms. The van der Waals surface area contributed by atoms with Crippen LogP contribution in [0.4, 0.5) is 5.95 Å². The minimum atomic E-state index is -1.02. The second kappa shape index (κ2) is 6.88. The maximum absolute atomic E-state index is 12.2. The summed E-state index contributed by atoms with van der Waals surface area (Å²) < 4.78 is 12.4. The van der Waals surface area contributed by atoms with Crippen LogP contribution in [0.5, 0.6) is 0 Å². The lowest BCUT2D eigenvalue weighted by Crippen LogP contribution is -2.34. The molecule has 11 nitrogen and oxygen atoms in total. The molecule has 25 heavy (non-hydrogen) atoms. The number of aromatic nitrogens is 4. The van der Waals surface area contributed by atoms with Crippen molar-refractivity contribution in [3.63, 3.8) is 0 Å². The highest BCUT2D eigenvalue weighted by Gasteiger charge is 2.45. The van der Waals surface area contributed by atoms with Gasteiger partial charge in [-0.15, -0.1) is 0 Å². The highest BCUT2D eigenvalue weighted by atomic mass is 16.6. The summed E-state index contributed by atoms with van der Waals surface area (Å²) in [6.45, 7) is -0.365. The van der Waals surface area contributed by atoms with Crippen molar-refractivity contribution in [2.75, 3.05) is 27.8 Å². The molecule has 0 radical (unpaired) electrons. The van der Waals surface area contributed by atoms with E-state index in [4.69, 9.17) is 9.47 Å². The number of fused-ring (bicyclic) bond motifs is 1. The summed E-state index contributed by atoms with van der Waals surface area (Å²) in [5.74, 6) is 0.110. The van der Waals surface area contributed by atoms with Crippen molar-refractivity contribution in [3.05, 3.63) is 16.7 Å². The van der Waals surface area contributed by atoms with Crippen molar-refractivity contribution >= 4 is 23.5 Å². The number of aliphatic imine (C=N–C) groups is 1. The van der Waals surface area contributed by atoms with E-state index in [1.54, 1.807) is 19.0 Å². The SMILES string of the molecule is COC1[C@@H](O)[C@@H](CO)O[C@H]1n1cnc2c(=O)[nH]c(/N=C/N(C)C)nc21. The molecule has 0 spiro atoms. The number of methoxy groups -OCH3 is 1. The zero-order valence-corrected chi connectivity index (χ0v) is 14.0. The van der Waals surface area contributed by atoms with E-state index in [-0.39, 0.29) is 23.7 Å². The third-order valence-corrected chi connectivity index (χ3v) is 3.87.